The number of ether oxygens (including phenoxy) is 1. The number of hydrogen-bond donors (Lipinski definition) is 3. The van der Waals surface area contributed by atoms with Gasteiger partial charge in [0, 0.05) is 6.42 Å². The van der Waals surface area contributed by atoms with E-state index >= 15 is 0 Å². The molecule has 1 saturated heterocycles. The maximum atomic E-state index is 11.1. The Morgan fingerprint density at radius 1 is 1.53 bits per heavy atom. The zero-order valence-electron chi connectivity index (χ0n) is 8.06. The monoisotopic (exact) mass is 210 g/mol. The van der Waals surface area contributed by atoms with Crippen LogP contribution in [0.1, 0.15) is 19.3 Å². The number of aromatic nitrogens is 2. The molecular weight excluding hydrogens is 199 g/mol. The van der Waals surface area contributed by atoms with Crippen molar-refractivity contribution in [3.8, 4) is 5.88 Å². The average Bonchev–Trinajstić information content (AvgIpc) is 2.48. The third-order valence-electron chi connectivity index (χ3n) is 2.49. The molecule has 81 valence electrons. The van der Waals surface area contributed by atoms with Gasteiger partial charge < -0.3 is 22.8 Å². The summed E-state index contributed by atoms with van der Waals surface area (Å²) in [5, 5.41) is 21.8. The summed E-state index contributed by atoms with van der Waals surface area (Å²) in [7, 11) is 5.29. The summed E-state index contributed by atoms with van der Waals surface area (Å²) in [6.07, 6.45) is 1.88. The second-order valence-electron chi connectivity index (χ2n) is 3.56. The maximum absolute atomic E-state index is 11.1. The molecule has 2 rings (SSSR count). The SMILES string of the molecule is [B-]c1c(O)n(C2(O)CCCCO2)[nH]c1=O. The van der Waals surface area contributed by atoms with Crippen molar-refractivity contribution >= 4 is 13.3 Å². The molecule has 1 atom stereocenters. The van der Waals surface area contributed by atoms with Gasteiger partial charge >= 0.3 is 0 Å². The van der Waals surface area contributed by atoms with Gasteiger partial charge in [-0.15, -0.1) is 0 Å². The van der Waals surface area contributed by atoms with Gasteiger partial charge in [-0.05, 0) is 12.8 Å². The topological polar surface area (TPSA) is 87.5 Å². The van der Waals surface area contributed by atoms with Crippen LogP contribution in [-0.2, 0) is 10.6 Å². The Hall–Kier alpha value is -1.21. The van der Waals surface area contributed by atoms with Crippen LogP contribution in [0, 0.1) is 0 Å². The van der Waals surface area contributed by atoms with E-state index in [4.69, 9.17) is 12.6 Å². The first-order chi connectivity index (χ1) is 7.04. The molecule has 1 unspecified atom stereocenters. The Bertz CT molecular complexity index is 419. The number of aliphatic hydroxyl groups is 1. The van der Waals surface area contributed by atoms with Crippen LogP contribution in [0.5, 0.6) is 5.88 Å². The average molecular weight is 210 g/mol. The van der Waals surface area contributed by atoms with Crippen LogP contribution in [0.4, 0.5) is 0 Å². The normalized spacial score (nSPS) is 26.8. The molecule has 1 aliphatic heterocycles. The van der Waals surface area contributed by atoms with Gasteiger partial charge in [0.2, 0.25) is 5.56 Å². The molecule has 15 heavy (non-hydrogen) atoms. The fourth-order valence-corrected chi connectivity index (χ4v) is 1.63. The van der Waals surface area contributed by atoms with E-state index in [1.807, 2.05) is 0 Å². The first-order valence-corrected chi connectivity index (χ1v) is 4.71. The minimum absolute atomic E-state index is 0.296. The lowest BCUT2D eigenvalue weighted by molar-refractivity contribution is -0.291. The molecule has 0 saturated carbocycles. The molecule has 0 bridgehead atoms. The number of aromatic hydroxyl groups is 1. The number of nitrogens with one attached hydrogen (secondary N) is 1. The summed E-state index contributed by atoms with van der Waals surface area (Å²) < 4.78 is 6.00. The van der Waals surface area contributed by atoms with Gasteiger partial charge in [-0.25, -0.2) is 4.68 Å². The maximum Gasteiger partial charge on any atom is 0.269 e. The van der Waals surface area contributed by atoms with E-state index in [-0.39, 0.29) is 5.46 Å². The van der Waals surface area contributed by atoms with Crippen molar-refractivity contribution in [2.75, 3.05) is 6.61 Å². The smallest absolute Gasteiger partial charge is 0.269 e. The molecule has 0 aromatic carbocycles. The molecule has 7 heteroatoms. The molecule has 0 amide bonds. The van der Waals surface area contributed by atoms with Crippen molar-refractivity contribution in [3.05, 3.63) is 10.4 Å². The van der Waals surface area contributed by atoms with Crippen molar-refractivity contribution in [2.24, 2.45) is 0 Å². The molecule has 3 N–H and O–H groups in total. The van der Waals surface area contributed by atoms with Gasteiger partial charge in [-0.1, -0.05) is 0 Å². The number of aromatic amines is 1. The van der Waals surface area contributed by atoms with Gasteiger partial charge in [0.25, 0.3) is 5.91 Å². The predicted octanol–water partition coefficient (Wildman–Crippen LogP) is -1.52. The largest absolute Gasteiger partial charge is 0.566 e. The van der Waals surface area contributed by atoms with Crippen LogP contribution in [0.3, 0.4) is 0 Å². The second kappa shape index (κ2) is 3.43. The van der Waals surface area contributed by atoms with E-state index in [0.717, 1.165) is 17.5 Å². The number of hydrogen-bond acceptors (Lipinski definition) is 4. The van der Waals surface area contributed by atoms with Crippen LogP contribution in [0.2, 0.25) is 0 Å². The fourth-order valence-electron chi connectivity index (χ4n) is 1.63. The van der Waals surface area contributed by atoms with Gasteiger partial charge in [0.05, 0.1) is 6.61 Å². The molecule has 1 aromatic heterocycles. The summed E-state index contributed by atoms with van der Waals surface area (Å²) in [6.45, 7) is 0.371. The molecule has 1 aromatic rings. The molecule has 3 radical (unpaired) electrons. The number of rotatable bonds is 1. The summed E-state index contributed by atoms with van der Waals surface area (Å²) in [5.41, 5.74) is -0.965. The molecule has 1 fully saturated rings. The van der Waals surface area contributed by atoms with Crippen LogP contribution in [-0.4, -0.2) is 34.4 Å². The Balaban J connectivity index is 2.43. The molecule has 0 aliphatic carbocycles. The first-order valence-electron chi connectivity index (χ1n) is 4.71. The van der Waals surface area contributed by atoms with Crippen molar-refractivity contribution < 1.29 is 14.9 Å². The summed E-state index contributed by atoms with van der Waals surface area (Å²) in [5.74, 6) is -2.19. The zero-order valence-corrected chi connectivity index (χ0v) is 8.06. The van der Waals surface area contributed by atoms with E-state index in [9.17, 15) is 15.0 Å². The second-order valence-corrected chi connectivity index (χ2v) is 3.56. The summed E-state index contributed by atoms with van der Waals surface area (Å²) >= 11 is 0. The van der Waals surface area contributed by atoms with Crippen LogP contribution < -0.4 is 11.0 Å². The van der Waals surface area contributed by atoms with Crippen molar-refractivity contribution in [2.45, 2.75) is 25.2 Å². The van der Waals surface area contributed by atoms with Crippen LogP contribution in [0.25, 0.3) is 0 Å². The fraction of sp³-hybridized carbons (Fsp3) is 0.625. The molecule has 1 aliphatic rings. The highest BCUT2D eigenvalue weighted by Gasteiger charge is 2.34. The highest BCUT2D eigenvalue weighted by Crippen LogP contribution is 2.28. The van der Waals surface area contributed by atoms with Crippen LogP contribution in [0.15, 0.2) is 4.79 Å². The van der Waals surface area contributed by atoms with E-state index < -0.39 is 17.4 Å². The van der Waals surface area contributed by atoms with Crippen molar-refractivity contribution in [3.63, 3.8) is 0 Å². The number of nitrogens with zero attached hydrogens (tertiary/aromatic N) is 1. The Kier molecular flexibility index (Phi) is 2.36. The zero-order chi connectivity index (χ0) is 11.1. The van der Waals surface area contributed by atoms with Gasteiger partial charge in [-0.3, -0.25) is 9.89 Å². The third kappa shape index (κ3) is 1.57. The lowest BCUT2D eigenvalue weighted by Gasteiger charge is -2.33. The van der Waals surface area contributed by atoms with E-state index in [2.05, 4.69) is 5.10 Å². The van der Waals surface area contributed by atoms with E-state index in [0.29, 0.717) is 13.0 Å². The van der Waals surface area contributed by atoms with Gasteiger partial charge in [0.15, 0.2) is 5.88 Å². The van der Waals surface area contributed by atoms with Crippen molar-refractivity contribution in [1.29, 1.82) is 0 Å². The Labute approximate surface area is 86.9 Å². The lowest BCUT2D eigenvalue weighted by atomic mass is 10.0. The van der Waals surface area contributed by atoms with Crippen LogP contribution >= 0.6 is 0 Å². The third-order valence-corrected chi connectivity index (χ3v) is 2.49. The molecule has 2 heterocycles. The first kappa shape index (κ1) is 10.3. The van der Waals surface area contributed by atoms with E-state index in [1.54, 1.807) is 0 Å². The molecule has 0 spiro atoms. The lowest BCUT2D eigenvalue weighted by Crippen LogP contribution is -2.40. The van der Waals surface area contributed by atoms with Gasteiger partial charge in [0.1, 0.15) is 0 Å². The minimum Gasteiger partial charge on any atom is -0.566 e. The Morgan fingerprint density at radius 2 is 2.27 bits per heavy atom. The van der Waals surface area contributed by atoms with Crippen molar-refractivity contribution in [1.82, 2.24) is 9.78 Å². The standard InChI is InChI=1S/C8H11BN2O4/c9-5-6(12)10-11(7(5)13)8(14)3-1-2-4-15-8/h13-14H,1-4H2,(H,10,12)/q-1. The summed E-state index contributed by atoms with van der Waals surface area (Å²) in [4.78, 5) is 11.1. The molecular formula is C8H11BN2O4-. The summed E-state index contributed by atoms with van der Waals surface area (Å²) in [6, 6.07) is 0. The Morgan fingerprint density at radius 3 is 2.73 bits per heavy atom. The number of H-pyrrole nitrogens is 1. The highest BCUT2D eigenvalue weighted by atomic mass is 16.6. The minimum atomic E-state index is -1.70. The predicted molar refractivity (Wildman–Crippen MR) is 52.1 cm³/mol. The molecule has 6 nitrogen and oxygen atoms in total. The van der Waals surface area contributed by atoms with Gasteiger partial charge in [-0.2, -0.15) is 5.46 Å². The highest BCUT2D eigenvalue weighted by molar-refractivity contribution is 6.33. The van der Waals surface area contributed by atoms with E-state index in [1.165, 1.54) is 0 Å². The quantitative estimate of drug-likeness (QED) is 0.491.